The Kier molecular flexibility index (Phi) is 6.01. The maximum Gasteiger partial charge on any atom is 0.437 e. The van der Waals surface area contributed by atoms with Crippen LogP contribution >= 0.6 is 34.7 Å². The highest BCUT2D eigenvalue weighted by Crippen LogP contribution is 2.52. The number of thioether (sulfide) groups is 1. The van der Waals surface area contributed by atoms with Gasteiger partial charge in [-0.15, -0.1) is 23.1 Å². The van der Waals surface area contributed by atoms with E-state index in [2.05, 4.69) is 0 Å². The van der Waals surface area contributed by atoms with Crippen LogP contribution in [0.5, 0.6) is 0 Å². The van der Waals surface area contributed by atoms with Gasteiger partial charge in [-0.2, -0.15) is 18.4 Å². The lowest BCUT2D eigenvalue weighted by Crippen LogP contribution is -2.66. The molecule has 1 aromatic carbocycles. The first-order valence-electron chi connectivity index (χ1n) is 8.23. The van der Waals surface area contributed by atoms with Crippen molar-refractivity contribution in [3.63, 3.8) is 0 Å². The van der Waals surface area contributed by atoms with E-state index in [1.54, 1.807) is 17.5 Å². The maximum absolute atomic E-state index is 14.1. The van der Waals surface area contributed by atoms with E-state index in [1.165, 1.54) is 30.5 Å². The first kappa shape index (κ1) is 21.7. The van der Waals surface area contributed by atoms with Gasteiger partial charge in [0.2, 0.25) is 5.72 Å². The zero-order valence-electron chi connectivity index (χ0n) is 14.8. The Bertz CT molecular complexity index is 1000. The number of ketones is 1. The molecular weight excluding hydrogens is 445 g/mol. The smallest absolute Gasteiger partial charge is 0.363 e. The Morgan fingerprint density at radius 2 is 2.03 bits per heavy atom. The number of rotatable bonds is 4. The van der Waals surface area contributed by atoms with Crippen molar-refractivity contribution in [1.29, 1.82) is 5.26 Å². The van der Waals surface area contributed by atoms with Crippen molar-refractivity contribution in [3.8, 4) is 6.07 Å². The molecule has 10 heteroatoms. The number of nitrogens with one attached hydrogen (secondary N) is 1. The normalized spacial score (nSPS) is 24.7. The van der Waals surface area contributed by atoms with Gasteiger partial charge < -0.3 is 10.4 Å². The number of hydrogen-bond acceptors (Lipinski definition) is 6. The quantitative estimate of drug-likeness (QED) is 0.635. The summed E-state index contributed by atoms with van der Waals surface area (Å²) >= 11 is 8.05. The third kappa shape index (κ3) is 3.66. The van der Waals surface area contributed by atoms with Gasteiger partial charge >= 0.3 is 6.18 Å². The van der Waals surface area contributed by atoms with Crippen LogP contribution in [0.3, 0.4) is 0 Å². The van der Waals surface area contributed by atoms with Gasteiger partial charge in [0.1, 0.15) is 0 Å². The molecule has 4 nitrogen and oxygen atoms in total. The summed E-state index contributed by atoms with van der Waals surface area (Å²) in [5.41, 5.74) is -3.51. The molecule has 0 aliphatic carbocycles. The van der Waals surface area contributed by atoms with Crippen LogP contribution < -0.4 is 5.32 Å². The summed E-state index contributed by atoms with van der Waals surface area (Å²) in [5.74, 6) is -4.37. The second-order valence-electron chi connectivity index (χ2n) is 6.27. The minimum absolute atomic E-state index is 0.0430. The number of benzene rings is 1. The van der Waals surface area contributed by atoms with E-state index >= 15 is 0 Å². The molecule has 0 saturated heterocycles. The second kappa shape index (κ2) is 8.03. The Morgan fingerprint density at radius 1 is 1.34 bits per heavy atom. The molecule has 1 aliphatic rings. The van der Waals surface area contributed by atoms with E-state index in [0.29, 0.717) is 0 Å². The molecule has 3 atom stereocenters. The molecule has 0 spiro atoms. The number of carbonyl (C=O) groups excluding carboxylic acids is 1. The fourth-order valence-corrected chi connectivity index (χ4v) is 4.98. The Hall–Kier alpha value is -1.99. The number of nitriles is 1. The zero-order chi connectivity index (χ0) is 21.4. The molecule has 0 amide bonds. The average Bonchev–Trinajstić information content (AvgIpc) is 3.21. The van der Waals surface area contributed by atoms with Crippen LogP contribution in [0.15, 0.2) is 52.4 Å². The van der Waals surface area contributed by atoms with Crippen molar-refractivity contribution in [2.75, 3.05) is 6.26 Å². The predicted octanol–water partition coefficient (Wildman–Crippen LogP) is 4.94. The van der Waals surface area contributed by atoms with E-state index in [-0.39, 0.29) is 26.1 Å². The molecule has 3 rings (SSSR count). The highest BCUT2D eigenvalue weighted by atomic mass is 35.5. The Labute approximate surface area is 178 Å². The number of hydrogen-bond donors (Lipinski definition) is 2. The number of carbonyl (C=O) groups is 1. The summed E-state index contributed by atoms with van der Waals surface area (Å²) < 4.78 is 42.3. The number of Topliss-reactive ketones (excluding diaryl/α,β-unsaturated/α-hetero) is 1. The average molecular weight is 459 g/mol. The molecular formula is C19H14ClF3N2O2S2. The largest absolute Gasteiger partial charge is 0.437 e. The lowest BCUT2D eigenvalue weighted by Gasteiger charge is -2.45. The van der Waals surface area contributed by atoms with E-state index in [1.807, 2.05) is 11.4 Å². The van der Waals surface area contributed by atoms with E-state index in [9.17, 15) is 28.3 Å². The molecule has 2 aromatic rings. The SMILES string of the molecule is CSC1=C(C#N)C(c2ccccc2Cl)C(C(=O)c2cccs2)C(O)(C(F)(F)F)N1. The topological polar surface area (TPSA) is 73.1 Å². The second-order valence-corrected chi connectivity index (χ2v) is 8.44. The minimum Gasteiger partial charge on any atom is -0.363 e. The molecule has 0 saturated carbocycles. The van der Waals surface area contributed by atoms with Gasteiger partial charge in [0.25, 0.3) is 0 Å². The molecule has 0 bridgehead atoms. The number of nitrogens with zero attached hydrogens (tertiary/aromatic N) is 1. The third-order valence-electron chi connectivity index (χ3n) is 4.69. The summed E-state index contributed by atoms with van der Waals surface area (Å²) in [6.45, 7) is 0. The van der Waals surface area contributed by atoms with Gasteiger partial charge in [-0.1, -0.05) is 35.9 Å². The Balaban J connectivity index is 2.35. The van der Waals surface area contributed by atoms with Gasteiger partial charge in [0.15, 0.2) is 5.78 Å². The van der Waals surface area contributed by atoms with Gasteiger partial charge in [0, 0.05) is 10.9 Å². The molecule has 0 fully saturated rings. The van der Waals surface area contributed by atoms with Crippen molar-refractivity contribution in [2.24, 2.45) is 5.92 Å². The molecule has 1 aliphatic heterocycles. The van der Waals surface area contributed by atoms with Crippen molar-refractivity contribution in [3.05, 3.63) is 67.8 Å². The van der Waals surface area contributed by atoms with Crippen LogP contribution in [0.25, 0.3) is 0 Å². The van der Waals surface area contributed by atoms with Crippen LogP contribution in [-0.4, -0.2) is 29.0 Å². The number of halogens is 4. The van der Waals surface area contributed by atoms with Crippen molar-refractivity contribution >= 4 is 40.5 Å². The van der Waals surface area contributed by atoms with E-state index in [4.69, 9.17) is 11.6 Å². The van der Waals surface area contributed by atoms with E-state index < -0.39 is 29.5 Å². The molecule has 2 N–H and O–H groups in total. The summed E-state index contributed by atoms with van der Waals surface area (Å²) in [6.07, 6.45) is -3.73. The van der Waals surface area contributed by atoms with Crippen molar-refractivity contribution in [2.45, 2.75) is 17.8 Å². The van der Waals surface area contributed by atoms with Gasteiger partial charge in [-0.25, -0.2) is 0 Å². The first-order chi connectivity index (χ1) is 13.7. The molecule has 2 heterocycles. The van der Waals surface area contributed by atoms with Crippen LogP contribution in [0.1, 0.15) is 21.2 Å². The molecule has 0 radical (unpaired) electrons. The molecule has 29 heavy (non-hydrogen) atoms. The number of alkyl halides is 3. The highest BCUT2D eigenvalue weighted by Gasteiger charge is 2.66. The standard InChI is InChI=1S/C19H14ClF3N2O2S2/c1-28-17-11(9-24)14(10-5-2-3-6-12(10)20)15(16(26)13-7-4-8-29-13)18(27,25-17)19(21,22)23/h2-8,14-15,25,27H,1H3. The summed E-state index contributed by atoms with van der Waals surface area (Å²) in [4.78, 5) is 13.2. The summed E-state index contributed by atoms with van der Waals surface area (Å²) in [5, 5.41) is 24.1. The van der Waals surface area contributed by atoms with Crippen LogP contribution in [0.2, 0.25) is 5.02 Å². The lowest BCUT2D eigenvalue weighted by molar-refractivity contribution is -0.285. The molecule has 1 aromatic heterocycles. The van der Waals surface area contributed by atoms with Gasteiger partial charge in [0.05, 0.1) is 27.5 Å². The van der Waals surface area contributed by atoms with Crippen molar-refractivity contribution in [1.82, 2.24) is 5.32 Å². The van der Waals surface area contributed by atoms with Crippen LogP contribution in [0, 0.1) is 17.2 Å². The van der Waals surface area contributed by atoms with Crippen LogP contribution in [0.4, 0.5) is 13.2 Å². The summed E-state index contributed by atoms with van der Waals surface area (Å²) in [7, 11) is 0. The third-order valence-corrected chi connectivity index (χ3v) is 6.65. The monoisotopic (exact) mass is 458 g/mol. The fraction of sp³-hybridized carbons (Fsp3) is 0.263. The fourth-order valence-electron chi connectivity index (χ4n) is 3.37. The maximum atomic E-state index is 14.1. The molecule has 3 unspecified atom stereocenters. The zero-order valence-corrected chi connectivity index (χ0v) is 17.2. The number of thiophene rings is 1. The highest BCUT2D eigenvalue weighted by molar-refractivity contribution is 8.02. The Morgan fingerprint density at radius 3 is 2.55 bits per heavy atom. The van der Waals surface area contributed by atoms with E-state index in [0.717, 1.165) is 23.1 Å². The van der Waals surface area contributed by atoms with Gasteiger partial charge in [-0.3, -0.25) is 4.79 Å². The van der Waals surface area contributed by atoms with Crippen molar-refractivity contribution < 1.29 is 23.1 Å². The molecule has 152 valence electrons. The predicted molar refractivity (Wildman–Crippen MR) is 107 cm³/mol. The summed E-state index contributed by atoms with van der Waals surface area (Å²) in [6, 6.07) is 10.9. The number of allylic oxidation sites excluding steroid dienone is 1. The first-order valence-corrected chi connectivity index (χ1v) is 10.7. The number of aliphatic hydroxyl groups is 1. The lowest BCUT2D eigenvalue weighted by atomic mass is 9.70. The van der Waals surface area contributed by atoms with Crippen LogP contribution in [-0.2, 0) is 0 Å². The van der Waals surface area contributed by atoms with Gasteiger partial charge in [-0.05, 0) is 29.3 Å². The minimum atomic E-state index is -5.20.